The molecule has 2 aromatic heterocycles. The summed E-state index contributed by atoms with van der Waals surface area (Å²) in [4.78, 5) is 32.1. The van der Waals surface area contributed by atoms with Crippen molar-refractivity contribution in [2.24, 2.45) is 0 Å². The maximum absolute atomic E-state index is 15.2. The van der Waals surface area contributed by atoms with E-state index in [0.29, 0.717) is 36.8 Å². The van der Waals surface area contributed by atoms with Crippen molar-refractivity contribution in [3.8, 4) is 6.07 Å². The van der Waals surface area contributed by atoms with Crippen LogP contribution in [0.3, 0.4) is 0 Å². The monoisotopic (exact) mass is 557 g/mol. The predicted molar refractivity (Wildman–Crippen MR) is 134 cm³/mol. The molecule has 8 nitrogen and oxygen atoms in total. The molecule has 0 unspecified atom stereocenters. The molecule has 2 amide bonds. The van der Waals surface area contributed by atoms with Gasteiger partial charge in [0.25, 0.3) is 11.8 Å². The quantitative estimate of drug-likeness (QED) is 0.348. The Hall–Kier alpha value is -4.31. The average Bonchev–Trinajstić information content (AvgIpc) is 3.38. The number of benzene rings is 1. The SMILES string of the molecule is Cc1ccc(CNC(=O)c2ccc(N3C(=S)N(c4cnc(C#N)c(C(F)(F)F)c4)C(=O)C34CCC4)cc2F)o1. The van der Waals surface area contributed by atoms with E-state index < -0.39 is 40.6 Å². The number of anilines is 2. The van der Waals surface area contributed by atoms with Crippen LogP contribution in [0, 0.1) is 24.1 Å². The number of halogens is 4. The highest BCUT2D eigenvalue weighted by Crippen LogP contribution is 2.48. The molecule has 1 spiro atoms. The van der Waals surface area contributed by atoms with Gasteiger partial charge in [0.05, 0.1) is 29.6 Å². The Morgan fingerprint density at radius 3 is 2.54 bits per heavy atom. The van der Waals surface area contributed by atoms with Crippen LogP contribution in [-0.2, 0) is 17.5 Å². The highest BCUT2D eigenvalue weighted by atomic mass is 32.1. The number of nitrogens with one attached hydrogen (secondary N) is 1. The number of nitriles is 1. The Labute approximate surface area is 224 Å². The van der Waals surface area contributed by atoms with E-state index in [4.69, 9.17) is 21.9 Å². The Balaban J connectivity index is 1.45. The van der Waals surface area contributed by atoms with E-state index in [1.807, 2.05) is 0 Å². The lowest BCUT2D eigenvalue weighted by Crippen LogP contribution is -2.55. The summed E-state index contributed by atoms with van der Waals surface area (Å²) in [6.45, 7) is 1.80. The minimum atomic E-state index is -4.89. The van der Waals surface area contributed by atoms with Crippen LogP contribution in [0.15, 0.2) is 47.0 Å². The second kappa shape index (κ2) is 9.46. The van der Waals surface area contributed by atoms with Crippen LogP contribution in [0.2, 0.25) is 0 Å². The fraction of sp³-hybridized carbons (Fsp3) is 0.269. The number of aromatic nitrogens is 1. The molecule has 0 atom stereocenters. The topological polar surface area (TPSA) is 102 Å². The van der Waals surface area contributed by atoms with E-state index in [2.05, 4.69) is 10.3 Å². The number of pyridine rings is 1. The van der Waals surface area contributed by atoms with E-state index >= 15 is 4.39 Å². The fourth-order valence-electron chi connectivity index (χ4n) is 4.76. The molecule has 39 heavy (non-hydrogen) atoms. The zero-order valence-corrected chi connectivity index (χ0v) is 21.1. The summed E-state index contributed by atoms with van der Waals surface area (Å²) < 4.78 is 61.2. The molecule has 1 N–H and O–H groups in total. The first kappa shape index (κ1) is 26.3. The summed E-state index contributed by atoms with van der Waals surface area (Å²) in [5.41, 5.74) is -3.68. The predicted octanol–water partition coefficient (Wildman–Crippen LogP) is 5.00. The minimum Gasteiger partial charge on any atom is -0.465 e. The minimum absolute atomic E-state index is 0.0508. The van der Waals surface area contributed by atoms with Crippen LogP contribution in [0.4, 0.5) is 28.9 Å². The van der Waals surface area contributed by atoms with Gasteiger partial charge in [0.1, 0.15) is 28.9 Å². The van der Waals surface area contributed by atoms with Gasteiger partial charge in [-0.15, -0.1) is 0 Å². The Kier molecular flexibility index (Phi) is 6.38. The van der Waals surface area contributed by atoms with Crippen LogP contribution in [-0.4, -0.2) is 27.4 Å². The molecule has 1 saturated heterocycles. The lowest BCUT2D eigenvalue weighted by Gasteiger charge is -2.43. The molecule has 2 fully saturated rings. The molecule has 1 aromatic carbocycles. The molecule has 5 rings (SSSR count). The number of alkyl halides is 3. The number of amides is 2. The molecule has 200 valence electrons. The molecular formula is C26H19F4N5O3S. The number of aryl methyl sites for hydroxylation is 1. The van der Waals surface area contributed by atoms with Crippen molar-refractivity contribution in [2.75, 3.05) is 9.80 Å². The van der Waals surface area contributed by atoms with Gasteiger partial charge in [-0.1, -0.05) is 0 Å². The number of carbonyl (C=O) groups excluding carboxylic acids is 2. The van der Waals surface area contributed by atoms with Gasteiger partial charge in [0.2, 0.25) is 0 Å². The summed E-state index contributed by atoms with van der Waals surface area (Å²) in [7, 11) is 0. The van der Waals surface area contributed by atoms with Crippen LogP contribution >= 0.6 is 12.2 Å². The number of thiocarbonyl (C=S) groups is 1. The lowest BCUT2D eigenvalue weighted by atomic mass is 9.75. The van der Waals surface area contributed by atoms with Crippen molar-refractivity contribution >= 4 is 40.5 Å². The smallest absolute Gasteiger partial charge is 0.419 e. The van der Waals surface area contributed by atoms with Crippen molar-refractivity contribution in [1.82, 2.24) is 10.3 Å². The molecule has 1 saturated carbocycles. The van der Waals surface area contributed by atoms with E-state index in [1.165, 1.54) is 23.1 Å². The standard InChI is InChI=1S/C26H19F4N5O3S/c1-14-3-5-17(38-14)13-33-22(36)18-6-4-15(10-20(18)27)35-24(39)34(23(37)25(35)7-2-8-25)16-9-19(26(28,29)30)21(11-31)32-12-16/h3-6,9-10,12H,2,7-8,13H2,1H3,(H,33,36). The summed E-state index contributed by atoms with van der Waals surface area (Å²) in [6, 6.07) is 9.21. The van der Waals surface area contributed by atoms with Gasteiger partial charge >= 0.3 is 6.18 Å². The number of hydrogen-bond donors (Lipinski definition) is 1. The van der Waals surface area contributed by atoms with Crippen molar-refractivity contribution in [3.05, 3.63) is 76.8 Å². The number of hydrogen-bond acceptors (Lipinski definition) is 6. The normalized spacial score (nSPS) is 16.4. The largest absolute Gasteiger partial charge is 0.465 e. The molecule has 2 aliphatic rings. The van der Waals surface area contributed by atoms with E-state index in [-0.39, 0.29) is 28.6 Å². The van der Waals surface area contributed by atoms with Crippen molar-refractivity contribution < 1.29 is 31.6 Å². The van der Waals surface area contributed by atoms with Crippen LogP contribution in [0.25, 0.3) is 0 Å². The van der Waals surface area contributed by atoms with Crippen molar-refractivity contribution in [1.29, 1.82) is 5.26 Å². The van der Waals surface area contributed by atoms with E-state index in [1.54, 1.807) is 19.1 Å². The van der Waals surface area contributed by atoms with Gasteiger partial charge in [-0.25, -0.2) is 9.37 Å². The maximum Gasteiger partial charge on any atom is 0.419 e. The molecule has 0 radical (unpaired) electrons. The number of carbonyl (C=O) groups is 2. The summed E-state index contributed by atoms with van der Waals surface area (Å²) in [6.07, 6.45) is -2.59. The third kappa shape index (κ3) is 4.40. The molecule has 1 aliphatic heterocycles. The first-order chi connectivity index (χ1) is 18.5. The number of furan rings is 1. The molecule has 0 bridgehead atoms. The van der Waals surface area contributed by atoms with Crippen LogP contribution in [0.5, 0.6) is 0 Å². The van der Waals surface area contributed by atoms with Crippen LogP contribution < -0.4 is 15.1 Å². The van der Waals surface area contributed by atoms with E-state index in [9.17, 15) is 22.8 Å². The highest BCUT2D eigenvalue weighted by molar-refractivity contribution is 7.81. The molecular weight excluding hydrogens is 538 g/mol. The van der Waals surface area contributed by atoms with E-state index in [0.717, 1.165) is 17.2 Å². The summed E-state index contributed by atoms with van der Waals surface area (Å²) in [5.74, 6) is -0.970. The Morgan fingerprint density at radius 2 is 1.97 bits per heavy atom. The highest BCUT2D eigenvalue weighted by Gasteiger charge is 2.60. The van der Waals surface area contributed by atoms with Crippen LogP contribution in [0.1, 0.15) is 52.4 Å². The second-order valence-corrected chi connectivity index (χ2v) is 9.57. The molecule has 1 aliphatic carbocycles. The fourth-order valence-corrected chi connectivity index (χ4v) is 5.23. The number of rotatable bonds is 5. The van der Waals surface area contributed by atoms with Gasteiger partial charge in [-0.2, -0.15) is 18.4 Å². The van der Waals surface area contributed by atoms with Gasteiger partial charge in [0.15, 0.2) is 10.8 Å². The first-order valence-corrected chi connectivity index (χ1v) is 12.2. The Bertz CT molecular complexity index is 1560. The summed E-state index contributed by atoms with van der Waals surface area (Å²) in [5, 5.41) is 11.5. The molecule has 3 aromatic rings. The lowest BCUT2D eigenvalue weighted by molar-refractivity contribution is -0.138. The van der Waals surface area contributed by atoms with Gasteiger partial charge < -0.3 is 14.6 Å². The molecule has 13 heteroatoms. The second-order valence-electron chi connectivity index (χ2n) is 9.20. The maximum atomic E-state index is 15.2. The van der Waals surface area contributed by atoms with Gasteiger partial charge in [-0.05, 0) is 74.8 Å². The van der Waals surface area contributed by atoms with Gasteiger partial charge in [-0.3, -0.25) is 14.5 Å². The zero-order chi connectivity index (χ0) is 28.1. The third-order valence-corrected chi connectivity index (χ3v) is 7.18. The van der Waals surface area contributed by atoms with Gasteiger partial charge in [0, 0.05) is 5.69 Å². The average molecular weight is 558 g/mol. The Morgan fingerprint density at radius 1 is 1.23 bits per heavy atom. The third-order valence-electron chi connectivity index (χ3n) is 6.81. The van der Waals surface area contributed by atoms with Crippen molar-refractivity contribution in [3.63, 3.8) is 0 Å². The summed E-state index contributed by atoms with van der Waals surface area (Å²) >= 11 is 5.52. The van der Waals surface area contributed by atoms with Crippen molar-refractivity contribution in [2.45, 2.75) is 44.4 Å². The number of nitrogens with zero attached hydrogens (tertiary/aromatic N) is 4. The zero-order valence-electron chi connectivity index (χ0n) is 20.3. The first-order valence-electron chi connectivity index (χ1n) is 11.8. The molecule has 3 heterocycles.